The highest BCUT2D eigenvalue weighted by molar-refractivity contribution is 6.31. The zero-order valence-corrected chi connectivity index (χ0v) is 16.1. The number of carbonyl (C=O) groups excluding carboxylic acids is 1. The number of carbonyl (C=O) groups is 1. The number of benzene rings is 3. The van der Waals surface area contributed by atoms with E-state index in [1.54, 1.807) is 18.2 Å². The van der Waals surface area contributed by atoms with Crippen molar-refractivity contribution in [2.24, 2.45) is 0 Å². The molecule has 27 heavy (non-hydrogen) atoms. The average Bonchev–Trinajstić information content (AvgIpc) is 2.66. The molecule has 0 unspecified atom stereocenters. The normalized spacial score (nSPS) is 10.5. The second kappa shape index (κ2) is 8.74. The van der Waals surface area contributed by atoms with Crippen LogP contribution in [0.15, 0.2) is 66.7 Å². The number of rotatable bonds is 7. The molecule has 0 radical (unpaired) electrons. The molecular formula is C23H21ClO3. The second-order valence-electron chi connectivity index (χ2n) is 6.34. The highest BCUT2D eigenvalue weighted by atomic mass is 35.5. The molecular weight excluding hydrogens is 360 g/mol. The molecule has 138 valence electrons. The summed E-state index contributed by atoms with van der Waals surface area (Å²) in [7, 11) is 0. The Morgan fingerprint density at radius 1 is 0.852 bits per heavy atom. The van der Waals surface area contributed by atoms with Crippen molar-refractivity contribution in [2.75, 3.05) is 0 Å². The predicted octanol–water partition coefficient (Wildman–Crippen LogP) is 6.01. The summed E-state index contributed by atoms with van der Waals surface area (Å²) in [6.07, 6.45) is 0. The lowest BCUT2D eigenvalue weighted by Gasteiger charge is -2.13. The molecule has 0 bridgehead atoms. The smallest absolute Gasteiger partial charge is 0.160 e. The van der Waals surface area contributed by atoms with Gasteiger partial charge in [0.1, 0.15) is 24.7 Å². The first-order valence-corrected chi connectivity index (χ1v) is 9.10. The molecule has 4 heteroatoms. The van der Waals surface area contributed by atoms with Crippen molar-refractivity contribution in [1.82, 2.24) is 0 Å². The minimum atomic E-state index is -0.0427. The van der Waals surface area contributed by atoms with Crippen LogP contribution < -0.4 is 9.47 Å². The van der Waals surface area contributed by atoms with E-state index in [2.05, 4.69) is 0 Å². The van der Waals surface area contributed by atoms with Gasteiger partial charge in [-0.3, -0.25) is 4.79 Å². The Labute approximate surface area is 164 Å². The number of hydrogen-bond donors (Lipinski definition) is 0. The highest BCUT2D eigenvalue weighted by Crippen LogP contribution is 2.26. The zero-order valence-electron chi connectivity index (χ0n) is 15.4. The van der Waals surface area contributed by atoms with Crippen LogP contribution in [0.25, 0.3) is 0 Å². The number of halogens is 1. The lowest BCUT2D eigenvalue weighted by molar-refractivity contribution is 0.101. The molecule has 3 nitrogen and oxygen atoms in total. The standard InChI is InChI=1S/C23H21ClO3/c1-16-7-3-4-8-18(16)14-26-21-11-20(17(2)25)12-22(13-21)27-15-19-9-5-6-10-23(19)24/h3-13H,14-15H2,1-2H3. The molecule has 0 atom stereocenters. The molecule has 0 aliphatic carbocycles. The first-order valence-electron chi connectivity index (χ1n) is 8.72. The maximum Gasteiger partial charge on any atom is 0.160 e. The molecule has 0 amide bonds. The van der Waals surface area contributed by atoms with Crippen molar-refractivity contribution in [2.45, 2.75) is 27.1 Å². The minimum Gasteiger partial charge on any atom is -0.489 e. The summed E-state index contributed by atoms with van der Waals surface area (Å²) in [6.45, 7) is 4.32. The van der Waals surface area contributed by atoms with Crippen LogP contribution >= 0.6 is 11.6 Å². The van der Waals surface area contributed by atoms with E-state index in [-0.39, 0.29) is 5.78 Å². The van der Waals surface area contributed by atoms with Gasteiger partial charge in [0.25, 0.3) is 0 Å². The van der Waals surface area contributed by atoms with Crippen molar-refractivity contribution < 1.29 is 14.3 Å². The van der Waals surface area contributed by atoms with Gasteiger partial charge >= 0.3 is 0 Å². The Morgan fingerprint density at radius 2 is 1.41 bits per heavy atom. The molecule has 3 aromatic rings. The van der Waals surface area contributed by atoms with E-state index >= 15 is 0 Å². The van der Waals surface area contributed by atoms with Gasteiger partial charge in [0.05, 0.1) is 0 Å². The molecule has 0 fully saturated rings. The Morgan fingerprint density at radius 3 is 2.00 bits per heavy atom. The number of hydrogen-bond acceptors (Lipinski definition) is 3. The van der Waals surface area contributed by atoms with Gasteiger partial charge in [0.2, 0.25) is 0 Å². The number of ether oxygens (including phenoxy) is 2. The van der Waals surface area contributed by atoms with E-state index < -0.39 is 0 Å². The molecule has 0 aliphatic heterocycles. The third-order valence-electron chi connectivity index (χ3n) is 4.29. The fourth-order valence-corrected chi connectivity index (χ4v) is 2.84. The van der Waals surface area contributed by atoms with Gasteiger partial charge < -0.3 is 9.47 Å². The zero-order chi connectivity index (χ0) is 19.2. The van der Waals surface area contributed by atoms with Gasteiger partial charge in [-0.05, 0) is 43.2 Å². The van der Waals surface area contributed by atoms with Gasteiger partial charge in [0.15, 0.2) is 5.78 Å². The van der Waals surface area contributed by atoms with Crippen LogP contribution in [-0.4, -0.2) is 5.78 Å². The summed E-state index contributed by atoms with van der Waals surface area (Å²) >= 11 is 6.18. The molecule has 0 N–H and O–H groups in total. The highest BCUT2D eigenvalue weighted by Gasteiger charge is 2.09. The maximum atomic E-state index is 11.9. The third kappa shape index (κ3) is 5.11. The summed E-state index contributed by atoms with van der Waals surface area (Å²) in [5, 5.41) is 0.649. The third-order valence-corrected chi connectivity index (χ3v) is 4.66. The molecule has 0 spiro atoms. The Hall–Kier alpha value is -2.78. The second-order valence-corrected chi connectivity index (χ2v) is 6.75. The number of Topliss-reactive ketones (excluding diaryl/α,β-unsaturated/α-hetero) is 1. The van der Waals surface area contributed by atoms with E-state index in [0.29, 0.717) is 35.3 Å². The van der Waals surface area contributed by atoms with Crippen molar-refractivity contribution in [3.8, 4) is 11.5 Å². The van der Waals surface area contributed by atoms with Crippen LogP contribution in [0.1, 0.15) is 34.0 Å². The lowest BCUT2D eigenvalue weighted by Crippen LogP contribution is -2.02. The molecule has 0 saturated heterocycles. The Bertz CT molecular complexity index is 882. The number of aryl methyl sites for hydroxylation is 1. The molecule has 0 aromatic heterocycles. The lowest BCUT2D eigenvalue weighted by atomic mass is 10.1. The van der Waals surface area contributed by atoms with E-state index in [4.69, 9.17) is 21.1 Å². The van der Waals surface area contributed by atoms with Crippen molar-refractivity contribution >= 4 is 17.4 Å². The molecule has 0 heterocycles. The first kappa shape index (κ1) is 19.0. The Kier molecular flexibility index (Phi) is 6.15. The van der Waals surface area contributed by atoms with E-state index in [0.717, 1.165) is 16.7 Å². The largest absolute Gasteiger partial charge is 0.489 e. The summed E-state index contributed by atoms with van der Waals surface area (Å²) in [5.41, 5.74) is 3.70. The van der Waals surface area contributed by atoms with E-state index in [1.807, 2.05) is 55.5 Å². The van der Waals surface area contributed by atoms with Crippen LogP contribution in [0.3, 0.4) is 0 Å². The van der Waals surface area contributed by atoms with Crippen LogP contribution in [0.2, 0.25) is 5.02 Å². The summed E-state index contributed by atoms with van der Waals surface area (Å²) in [4.78, 5) is 11.9. The van der Waals surface area contributed by atoms with Gasteiger partial charge in [-0.15, -0.1) is 0 Å². The van der Waals surface area contributed by atoms with Crippen molar-refractivity contribution in [3.05, 3.63) is 94.0 Å². The van der Waals surface area contributed by atoms with Gasteiger partial charge in [-0.2, -0.15) is 0 Å². The van der Waals surface area contributed by atoms with Gasteiger partial charge in [-0.25, -0.2) is 0 Å². The molecule has 3 aromatic carbocycles. The van der Waals surface area contributed by atoms with Crippen molar-refractivity contribution in [3.63, 3.8) is 0 Å². The van der Waals surface area contributed by atoms with Crippen LogP contribution in [0.5, 0.6) is 11.5 Å². The fraction of sp³-hybridized carbons (Fsp3) is 0.174. The SMILES string of the molecule is CC(=O)c1cc(OCc2ccccc2C)cc(OCc2ccccc2Cl)c1. The number of ketones is 1. The molecule has 0 saturated carbocycles. The summed E-state index contributed by atoms with van der Waals surface area (Å²) in [6, 6.07) is 20.8. The minimum absolute atomic E-state index is 0.0427. The average molecular weight is 381 g/mol. The quantitative estimate of drug-likeness (QED) is 0.471. The Balaban J connectivity index is 1.77. The summed E-state index contributed by atoms with van der Waals surface area (Å²) in [5.74, 6) is 1.13. The first-order chi connectivity index (χ1) is 13.0. The van der Waals surface area contributed by atoms with Crippen LogP contribution in [0.4, 0.5) is 0 Å². The van der Waals surface area contributed by atoms with Gasteiger partial charge in [-0.1, -0.05) is 54.1 Å². The van der Waals surface area contributed by atoms with E-state index in [9.17, 15) is 4.79 Å². The predicted molar refractivity (Wildman–Crippen MR) is 108 cm³/mol. The van der Waals surface area contributed by atoms with Crippen LogP contribution in [0, 0.1) is 6.92 Å². The summed E-state index contributed by atoms with van der Waals surface area (Å²) < 4.78 is 11.8. The van der Waals surface area contributed by atoms with Crippen molar-refractivity contribution in [1.29, 1.82) is 0 Å². The fourth-order valence-electron chi connectivity index (χ4n) is 2.65. The maximum absolute atomic E-state index is 11.9. The van der Waals surface area contributed by atoms with Gasteiger partial charge in [0, 0.05) is 22.2 Å². The van der Waals surface area contributed by atoms with E-state index in [1.165, 1.54) is 6.92 Å². The molecule has 3 rings (SSSR count). The van der Waals surface area contributed by atoms with Crippen LogP contribution in [-0.2, 0) is 13.2 Å². The monoisotopic (exact) mass is 380 g/mol. The molecule has 0 aliphatic rings. The topological polar surface area (TPSA) is 35.5 Å².